The molecular formula is C18H14Cl2N4O. The minimum absolute atomic E-state index is 0.246. The van der Waals surface area contributed by atoms with Crippen LogP contribution in [0.2, 0.25) is 10.0 Å². The largest absolute Gasteiger partial charge is 0.319 e. The molecule has 2 aromatic heterocycles. The van der Waals surface area contributed by atoms with Crippen molar-refractivity contribution in [1.29, 1.82) is 0 Å². The van der Waals surface area contributed by atoms with Gasteiger partial charge in [0.1, 0.15) is 12.0 Å². The molecule has 0 saturated carbocycles. The first-order valence-corrected chi connectivity index (χ1v) is 8.22. The number of nitrogens with one attached hydrogen (secondary N) is 1. The van der Waals surface area contributed by atoms with E-state index in [1.165, 1.54) is 6.33 Å². The van der Waals surface area contributed by atoms with E-state index in [1.807, 2.05) is 26.0 Å². The van der Waals surface area contributed by atoms with E-state index in [0.29, 0.717) is 21.4 Å². The molecule has 0 fully saturated rings. The maximum Gasteiger partial charge on any atom is 0.274 e. The highest BCUT2D eigenvalue weighted by molar-refractivity contribution is 6.42. The predicted molar refractivity (Wildman–Crippen MR) is 99.2 cm³/mol. The fraction of sp³-hybridized carbons (Fsp3) is 0.111. The summed E-state index contributed by atoms with van der Waals surface area (Å²) < 4.78 is 0. The van der Waals surface area contributed by atoms with Gasteiger partial charge in [0.05, 0.1) is 27.1 Å². The number of carbonyl (C=O) groups is 1. The van der Waals surface area contributed by atoms with Crippen LogP contribution in [0.1, 0.15) is 21.9 Å². The van der Waals surface area contributed by atoms with E-state index in [2.05, 4.69) is 20.3 Å². The molecule has 3 aromatic rings. The molecule has 0 bridgehead atoms. The number of aryl methyl sites for hydroxylation is 2. The topological polar surface area (TPSA) is 67.8 Å². The lowest BCUT2D eigenvalue weighted by molar-refractivity contribution is 0.102. The monoisotopic (exact) mass is 372 g/mol. The SMILES string of the molecule is Cc1ccc(NC(=O)c2cc(-c3ccc(Cl)c(Cl)c3)ncn2)c(C)n1. The van der Waals surface area contributed by atoms with Crippen molar-refractivity contribution in [3.05, 3.63) is 69.9 Å². The molecule has 0 saturated heterocycles. The number of carbonyl (C=O) groups excluding carboxylic acids is 1. The van der Waals surface area contributed by atoms with Crippen molar-refractivity contribution in [1.82, 2.24) is 15.0 Å². The maximum absolute atomic E-state index is 12.5. The lowest BCUT2D eigenvalue weighted by atomic mass is 10.1. The molecule has 3 rings (SSSR count). The van der Waals surface area contributed by atoms with Gasteiger partial charge in [0, 0.05) is 11.3 Å². The summed E-state index contributed by atoms with van der Waals surface area (Å²) in [4.78, 5) is 25.0. The molecule has 0 radical (unpaired) electrons. The third-order valence-electron chi connectivity index (χ3n) is 3.59. The van der Waals surface area contributed by atoms with Crippen LogP contribution in [0.3, 0.4) is 0 Å². The minimum Gasteiger partial charge on any atom is -0.319 e. The smallest absolute Gasteiger partial charge is 0.274 e. The predicted octanol–water partition coefficient (Wildman–Crippen LogP) is 4.71. The Hall–Kier alpha value is -2.50. The number of amides is 1. The fourth-order valence-electron chi connectivity index (χ4n) is 2.30. The number of hydrogen-bond acceptors (Lipinski definition) is 4. The number of rotatable bonds is 3. The molecule has 0 aliphatic heterocycles. The second-order valence-corrected chi connectivity index (χ2v) is 6.27. The first kappa shape index (κ1) is 17.3. The number of halogens is 2. The number of benzene rings is 1. The standard InChI is InChI=1S/C18H14Cl2N4O/c1-10-3-6-15(11(2)23-10)24-18(25)17-8-16(21-9-22-17)12-4-5-13(19)14(20)7-12/h3-9H,1-2H3,(H,24,25). The van der Waals surface area contributed by atoms with Crippen molar-refractivity contribution in [3.8, 4) is 11.3 Å². The molecule has 1 amide bonds. The van der Waals surface area contributed by atoms with Gasteiger partial charge in [-0.25, -0.2) is 9.97 Å². The van der Waals surface area contributed by atoms with E-state index in [4.69, 9.17) is 23.2 Å². The van der Waals surface area contributed by atoms with Crippen LogP contribution >= 0.6 is 23.2 Å². The fourth-order valence-corrected chi connectivity index (χ4v) is 2.60. The van der Waals surface area contributed by atoms with Crippen molar-refractivity contribution in [2.75, 3.05) is 5.32 Å². The summed E-state index contributed by atoms with van der Waals surface area (Å²) in [5, 5.41) is 3.69. The Balaban J connectivity index is 1.87. The zero-order valence-corrected chi connectivity index (χ0v) is 15.1. The molecule has 7 heteroatoms. The molecule has 0 atom stereocenters. The average molecular weight is 373 g/mol. The van der Waals surface area contributed by atoms with Gasteiger partial charge < -0.3 is 5.32 Å². The molecule has 0 aliphatic rings. The Labute approximate surface area is 155 Å². The van der Waals surface area contributed by atoms with Gasteiger partial charge in [-0.1, -0.05) is 29.3 Å². The Kier molecular flexibility index (Phi) is 4.97. The molecule has 0 unspecified atom stereocenters. The molecule has 5 nitrogen and oxygen atoms in total. The summed E-state index contributed by atoms with van der Waals surface area (Å²) in [6.07, 6.45) is 1.34. The van der Waals surface area contributed by atoms with E-state index in [1.54, 1.807) is 24.3 Å². The summed E-state index contributed by atoms with van der Waals surface area (Å²) in [7, 11) is 0. The number of hydrogen-bond donors (Lipinski definition) is 1. The Morgan fingerprint density at radius 3 is 2.52 bits per heavy atom. The number of anilines is 1. The zero-order chi connectivity index (χ0) is 18.0. The van der Waals surface area contributed by atoms with Crippen LogP contribution in [0.15, 0.2) is 42.7 Å². The molecular weight excluding hydrogens is 359 g/mol. The summed E-state index contributed by atoms with van der Waals surface area (Å²) in [6, 6.07) is 10.4. The van der Waals surface area contributed by atoms with Gasteiger partial charge in [-0.3, -0.25) is 9.78 Å². The van der Waals surface area contributed by atoms with Gasteiger partial charge in [0.2, 0.25) is 0 Å². The van der Waals surface area contributed by atoms with E-state index >= 15 is 0 Å². The summed E-state index contributed by atoms with van der Waals surface area (Å²) in [6.45, 7) is 3.73. The first-order valence-electron chi connectivity index (χ1n) is 7.47. The van der Waals surface area contributed by atoms with Crippen LogP contribution in [0.25, 0.3) is 11.3 Å². The number of nitrogens with zero attached hydrogens (tertiary/aromatic N) is 3. The zero-order valence-electron chi connectivity index (χ0n) is 13.5. The average Bonchev–Trinajstić information content (AvgIpc) is 2.60. The first-order chi connectivity index (χ1) is 11.9. The van der Waals surface area contributed by atoms with E-state index in [-0.39, 0.29) is 11.6 Å². The quantitative estimate of drug-likeness (QED) is 0.722. The molecule has 126 valence electrons. The number of aromatic nitrogens is 3. The van der Waals surface area contributed by atoms with Gasteiger partial charge in [0.25, 0.3) is 5.91 Å². The van der Waals surface area contributed by atoms with Gasteiger partial charge in [-0.05, 0) is 44.2 Å². The molecule has 25 heavy (non-hydrogen) atoms. The van der Waals surface area contributed by atoms with Crippen molar-refractivity contribution < 1.29 is 4.79 Å². The third kappa shape index (κ3) is 3.95. The minimum atomic E-state index is -0.336. The Morgan fingerprint density at radius 2 is 1.80 bits per heavy atom. The summed E-state index contributed by atoms with van der Waals surface area (Å²) in [5.41, 5.74) is 3.85. The van der Waals surface area contributed by atoms with Crippen molar-refractivity contribution >= 4 is 34.8 Å². The number of pyridine rings is 1. The van der Waals surface area contributed by atoms with Gasteiger partial charge in [-0.2, -0.15) is 0 Å². The van der Waals surface area contributed by atoms with E-state index in [9.17, 15) is 4.79 Å². The Morgan fingerprint density at radius 1 is 1.00 bits per heavy atom. The van der Waals surface area contributed by atoms with Crippen LogP contribution in [0.4, 0.5) is 5.69 Å². The summed E-state index contributed by atoms with van der Waals surface area (Å²) in [5.74, 6) is -0.336. The van der Waals surface area contributed by atoms with E-state index < -0.39 is 0 Å². The van der Waals surface area contributed by atoms with Crippen molar-refractivity contribution in [2.45, 2.75) is 13.8 Å². The second-order valence-electron chi connectivity index (χ2n) is 5.46. The highest BCUT2D eigenvalue weighted by Gasteiger charge is 2.12. The highest BCUT2D eigenvalue weighted by Crippen LogP contribution is 2.27. The molecule has 0 aliphatic carbocycles. The van der Waals surface area contributed by atoms with Gasteiger partial charge >= 0.3 is 0 Å². The van der Waals surface area contributed by atoms with Crippen LogP contribution in [-0.2, 0) is 0 Å². The van der Waals surface area contributed by atoms with Crippen molar-refractivity contribution in [3.63, 3.8) is 0 Å². The normalized spacial score (nSPS) is 10.6. The van der Waals surface area contributed by atoms with Crippen LogP contribution in [0.5, 0.6) is 0 Å². The molecule has 1 N–H and O–H groups in total. The molecule has 2 heterocycles. The van der Waals surface area contributed by atoms with Crippen LogP contribution in [0, 0.1) is 13.8 Å². The van der Waals surface area contributed by atoms with Crippen LogP contribution < -0.4 is 5.32 Å². The van der Waals surface area contributed by atoms with E-state index in [0.717, 1.165) is 17.0 Å². The molecule has 1 aromatic carbocycles. The van der Waals surface area contributed by atoms with Crippen molar-refractivity contribution in [2.24, 2.45) is 0 Å². The maximum atomic E-state index is 12.5. The molecule has 0 spiro atoms. The Bertz CT molecular complexity index is 960. The van der Waals surface area contributed by atoms with Gasteiger partial charge in [-0.15, -0.1) is 0 Å². The summed E-state index contributed by atoms with van der Waals surface area (Å²) >= 11 is 12.0. The third-order valence-corrected chi connectivity index (χ3v) is 4.33. The van der Waals surface area contributed by atoms with Crippen LogP contribution in [-0.4, -0.2) is 20.9 Å². The lowest BCUT2D eigenvalue weighted by Gasteiger charge is -2.09. The second kappa shape index (κ2) is 7.17. The van der Waals surface area contributed by atoms with Gasteiger partial charge in [0.15, 0.2) is 0 Å². The highest BCUT2D eigenvalue weighted by atomic mass is 35.5. The lowest BCUT2D eigenvalue weighted by Crippen LogP contribution is -2.15.